The number of aliphatic carboxylic acids is 1. The summed E-state index contributed by atoms with van der Waals surface area (Å²) in [5.41, 5.74) is 0. The largest absolute Gasteiger partial charge is 0.550 e. The fourth-order valence-electron chi connectivity index (χ4n) is 2.15. The summed E-state index contributed by atoms with van der Waals surface area (Å²) in [4.78, 5) is 14.7. The van der Waals surface area contributed by atoms with Gasteiger partial charge >= 0.3 is 0 Å². The molecule has 0 aliphatic rings. The molecule has 0 saturated heterocycles. The van der Waals surface area contributed by atoms with E-state index in [0.717, 1.165) is 32.1 Å². The predicted molar refractivity (Wildman–Crippen MR) is 87.2 cm³/mol. The van der Waals surface area contributed by atoms with Crippen molar-refractivity contribution < 1.29 is 20.0 Å². The maximum Gasteiger partial charge on any atom is 0.114 e. The molecule has 0 fully saturated rings. The lowest BCUT2D eigenvalue weighted by Gasteiger charge is -2.05. The third-order valence-corrected chi connectivity index (χ3v) is 3.50. The summed E-state index contributed by atoms with van der Waals surface area (Å²) in [6, 6.07) is 0. The van der Waals surface area contributed by atoms with Crippen molar-refractivity contribution in [3.05, 3.63) is 24.3 Å². The van der Waals surface area contributed by atoms with Gasteiger partial charge in [-0.25, -0.2) is 4.89 Å². The number of carboxylic acid groups (broad SMARTS) is 1. The van der Waals surface area contributed by atoms with Crippen LogP contribution in [0.15, 0.2) is 24.3 Å². The maximum atomic E-state index is 10.2. The third-order valence-electron chi connectivity index (χ3n) is 3.50. The molecule has 22 heavy (non-hydrogen) atoms. The highest BCUT2D eigenvalue weighted by atomic mass is 17.1. The molecule has 1 N–H and O–H groups in total. The number of hydrogen-bond donors (Lipinski definition) is 1. The van der Waals surface area contributed by atoms with Gasteiger partial charge < -0.3 is 9.90 Å². The van der Waals surface area contributed by atoms with Gasteiger partial charge in [-0.1, -0.05) is 56.9 Å². The van der Waals surface area contributed by atoms with Crippen LogP contribution < -0.4 is 5.11 Å². The standard InChI is InChI=1S/C18H32O4/c1-2-3-4-5-8-11-14-17(22-21)15-12-9-6-7-10-13-16-18(19)20/h8,11-12,15,17,21H,2-7,9-10,13-14,16H2,1H3,(H,19,20)/p-1/b11-8-,15-12+/t17-/m0/s1. The van der Waals surface area contributed by atoms with Gasteiger partial charge in [-0.2, -0.15) is 0 Å². The number of hydrogen-bond acceptors (Lipinski definition) is 4. The lowest BCUT2D eigenvalue weighted by Crippen LogP contribution is -2.21. The first-order valence-corrected chi connectivity index (χ1v) is 8.52. The molecule has 1 atom stereocenters. The van der Waals surface area contributed by atoms with E-state index in [9.17, 15) is 9.90 Å². The van der Waals surface area contributed by atoms with Gasteiger partial charge in [0.1, 0.15) is 6.10 Å². The molecule has 0 radical (unpaired) electrons. The Morgan fingerprint density at radius 2 is 1.73 bits per heavy atom. The Hall–Kier alpha value is -1.13. The van der Waals surface area contributed by atoms with E-state index < -0.39 is 5.97 Å². The minimum Gasteiger partial charge on any atom is -0.550 e. The SMILES string of the molecule is CCCCC/C=C\C[C@@H](/C=C/CCCCCCC(=O)[O-])OO. The van der Waals surface area contributed by atoms with Crippen LogP contribution in [-0.2, 0) is 9.68 Å². The maximum absolute atomic E-state index is 10.2. The van der Waals surface area contributed by atoms with E-state index in [0.29, 0.717) is 12.8 Å². The summed E-state index contributed by atoms with van der Waals surface area (Å²) in [5, 5.41) is 19.1. The monoisotopic (exact) mass is 311 g/mol. The number of carboxylic acids is 1. The van der Waals surface area contributed by atoms with Gasteiger partial charge in [0.2, 0.25) is 0 Å². The highest BCUT2D eigenvalue weighted by Gasteiger charge is 2.00. The van der Waals surface area contributed by atoms with Crippen LogP contribution in [0.1, 0.15) is 77.6 Å². The number of allylic oxidation sites excluding steroid dienone is 2. The minimum absolute atomic E-state index is 0.154. The van der Waals surface area contributed by atoms with Gasteiger partial charge in [-0.15, -0.1) is 0 Å². The van der Waals surface area contributed by atoms with E-state index in [1.54, 1.807) is 0 Å². The van der Waals surface area contributed by atoms with Crippen molar-refractivity contribution in [3.8, 4) is 0 Å². The van der Waals surface area contributed by atoms with E-state index in [1.807, 2.05) is 12.2 Å². The molecule has 128 valence electrons. The Bertz CT molecular complexity index is 310. The van der Waals surface area contributed by atoms with Crippen LogP contribution in [0.2, 0.25) is 0 Å². The zero-order valence-electron chi connectivity index (χ0n) is 13.8. The molecule has 0 unspecified atom stereocenters. The number of rotatable bonds is 15. The lowest BCUT2D eigenvalue weighted by atomic mass is 10.1. The van der Waals surface area contributed by atoms with E-state index in [-0.39, 0.29) is 12.5 Å². The van der Waals surface area contributed by atoms with E-state index in [2.05, 4.69) is 24.0 Å². The average molecular weight is 311 g/mol. The Labute approximate surface area is 134 Å². The summed E-state index contributed by atoms with van der Waals surface area (Å²) >= 11 is 0. The zero-order valence-corrected chi connectivity index (χ0v) is 13.8. The quantitative estimate of drug-likeness (QED) is 0.215. The molecular weight excluding hydrogens is 280 g/mol. The van der Waals surface area contributed by atoms with E-state index in [4.69, 9.17) is 5.26 Å². The average Bonchev–Trinajstić information content (AvgIpc) is 2.50. The third kappa shape index (κ3) is 15.3. The Kier molecular flexibility index (Phi) is 15.4. The molecule has 0 aromatic rings. The van der Waals surface area contributed by atoms with Gasteiger partial charge in [0, 0.05) is 5.97 Å². The van der Waals surface area contributed by atoms with E-state index in [1.165, 1.54) is 19.3 Å². The van der Waals surface area contributed by atoms with Gasteiger partial charge in [0.15, 0.2) is 0 Å². The highest BCUT2D eigenvalue weighted by molar-refractivity contribution is 5.63. The highest BCUT2D eigenvalue weighted by Crippen LogP contribution is 2.08. The van der Waals surface area contributed by atoms with Crippen LogP contribution in [0.4, 0.5) is 0 Å². The second-order valence-corrected chi connectivity index (χ2v) is 5.60. The summed E-state index contributed by atoms with van der Waals surface area (Å²) in [6.45, 7) is 2.19. The molecule has 0 aromatic heterocycles. The Balaban J connectivity index is 3.59. The van der Waals surface area contributed by atoms with Crippen molar-refractivity contribution in [2.45, 2.75) is 83.7 Å². The molecule has 0 saturated carbocycles. The molecule has 0 heterocycles. The Morgan fingerprint density at radius 3 is 2.41 bits per heavy atom. The normalized spacial score (nSPS) is 13.2. The first-order valence-electron chi connectivity index (χ1n) is 8.52. The molecule has 0 aromatic carbocycles. The smallest absolute Gasteiger partial charge is 0.114 e. The van der Waals surface area contributed by atoms with Gasteiger partial charge in [0.05, 0.1) is 0 Å². The van der Waals surface area contributed by atoms with Crippen LogP contribution >= 0.6 is 0 Å². The summed E-state index contributed by atoms with van der Waals surface area (Å²) in [5.74, 6) is -0.967. The van der Waals surface area contributed by atoms with Crippen molar-refractivity contribution in [2.75, 3.05) is 0 Å². The van der Waals surface area contributed by atoms with Crippen LogP contribution in [-0.4, -0.2) is 17.3 Å². The van der Waals surface area contributed by atoms with Crippen LogP contribution in [0.25, 0.3) is 0 Å². The minimum atomic E-state index is -0.967. The van der Waals surface area contributed by atoms with Crippen molar-refractivity contribution in [1.82, 2.24) is 0 Å². The molecular formula is C18H31O4-. The van der Waals surface area contributed by atoms with E-state index >= 15 is 0 Å². The predicted octanol–water partition coefficient (Wildman–Crippen LogP) is 4.02. The summed E-state index contributed by atoms with van der Waals surface area (Å²) < 4.78 is 0. The molecule has 0 bridgehead atoms. The van der Waals surface area contributed by atoms with Crippen molar-refractivity contribution in [3.63, 3.8) is 0 Å². The summed E-state index contributed by atoms with van der Waals surface area (Å²) in [6.07, 6.45) is 18.0. The first-order chi connectivity index (χ1) is 10.7. The Morgan fingerprint density at radius 1 is 1.05 bits per heavy atom. The van der Waals surface area contributed by atoms with Gasteiger partial charge in [-0.3, -0.25) is 5.26 Å². The first kappa shape index (κ1) is 20.9. The molecule has 0 rings (SSSR count). The van der Waals surface area contributed by atoms with Crippen LogP contribution in [0.5, 0.6) is 0 Å². The summed E-state index contributed by atoms with van der Waals surface area (Å²) in [7, 11) is 0. The molecule has 0 aliphatic heterocycles. The van der Waals surface area contributed by atoms with Crippen molar-refractivity contribution in [2.24, 2.45) is 0 Å². The van der Waals surface area contributed by atoms with Crippen LogP contribution in [0, 0.1) is 0 Å². The second kappa shape index (κ2) is 16.2. The molecule has 4 heteroatoms. The number of carbonyl (C=O) groups is 1. The zero-order chi connectivity index (χ0) is 16.5. The molecule has 0 aliphatic carbocycles. The molecule has 4 nitrogen and oxygen atoms in total. The van der Waals surface area contributed by atoms with Crippen molar-refractivity contribution in [1.29, 1.82) is 0 Å². The van der Waals surface area contributed by atoms with Gasteiger partial charge in [-0.05, 0) is 44.9 Å². The van der Waals surface area contributed by atoms with Crippen LogP contribution in [0.3, 0.4) is 0 Å². The van der Waals surface area contributed by atoms with Gasteiger partial charge in [0.25, 0.3) is 0 Å². The molecule has 0 spiro atoms. The van der Waals surface area contributed by atoms with Crippen molar-refractivity contribution >= 4 is 5.97 Å². The molecule has 0 amide bonds. The fourth-order valence-corrected chi connectivity index (χ4v) is 2.15. The fraction of sp³-hybridized carbons (Fsp3) is 0.722. The lowest BCUT2D eigenvalue weighted by molar-refractivity contribution is -0.305. The topological polar surface area (TPSA) is 69.6 Å². The number of carbonyl (C=O) groups excluding carboxylic acids is 1. The number of unbranched alkanes of at least 4 members (excludes halogenated alkanes) is 7. The second-order valence-electron chi connectivity index (χ2n) is 5.60.